The molecule has 1 aliphatic heterocycles. The molecule has 0 spiro atoms. The number of ether oxygens (including phenoxy) is 1. The lowest BCUT2D eigenvalue weighted by molar-refractivity contribution is -0.130. The van der Waals surface area contributed by atoms with Gasteiger partial charge in [0.15, 0.2) is 5.82 Å². The van der Waals surface area contributed by atoms with Crippen LogP contribution in [0, 0.1) is 6.92 Å². The Morgan fingerprint density at radius 2 is 2.09 bits per heavy atom. The van der Waals surface area contributed by atoms with E-state index in [1.54, 1.807) is 26.3 Å². The van der Waals surface area contributed by atoms with E-state index in [0.29, 0.717) is 23.9 Å². The van der Waals surface area contributed by atoms with E-state index in [9.17, 15) is 4.79 Å². The Morgan fingerprint density at radius 1 is 1.24 bits per heavy atom. The van der Waals surface area contributed by atoms with Gasteiger partial charge in [-0.05, 0) is 60.5 Å². The van der Waals surface area contributed by atoms with Crippen molar-refractivity contribution < 1.29 is 9.53 Å². The number of carbonyl (C=O) groups excluding carboxylic acids is 1. The first-order chi connectivity index (χ1) is 16.4. The Labute approximate surface area is 204 Å². The molecule has 34 heavy (non-hydrogen) atoms. The second-order valence-corrected chi connectivity index (χ2v) is 8.79. The number of nitrogens with zero attached hydrogens (tertiary/aromatic N) is 7. The molecule has 1 aliphatic rings. The first kappa shape index (κ1) is 23.8. The molecule has 1 atom stereocenters. The van der Waals surface area contributed by atoms with E-state index in [4.69, 9.17) is 16.3 Å². The highest BCUT2D eigenvalue weighted by Gasteiger charge is 2.26. The van der Waals surface area contributed by atoms with E-state index in [0.717, 1.165) is 42.2 Å². The van der Waals surface area contributed by atoms with Gasteiger partial charge in [-0.15, -0.1) is 10.2 Å². The molecule has 0 bridgehead atoms. The van der Waals surface area contributed by atoms with Crippen LogP contribution in [0.1, 0.15) is 29.6 Å². The number of pyridine rings is 1. The second kappa shape index (κ2) is 10.8. The molecular formula is C24H28ClN7O2. The van der Waals surface area contributed by atoms with Gasteiger partial charge in [-0.3, -0.25) is 14.7 Å². The van der Waals surface area contributed by atoms with Crippen LogP contribution in [-0.2, 0) is 17.9 Å². The normalized spacial score (nSPS) is 16.8. The maximum absolute atomic E-state index is 13.0. The molecule has 1 aromatic carbocycles. The molecule has 1 saturated heterocycles. The van der Waals surface area contributed by atoms with E-state index in [2.05, 4.69) is 32.2 Å². The van der Waals surface area contributed by atoms with Crippen molar-refractivity contribution in [3.05, 3.63) is 70.3 Å². The number of methoxy groups -OCH3 is 1. The van der Waals surface area contributed by atoms with Crippen LogP contribution in [0.4, 0.5) is 0 Å². The van der Waals surface area contributed by atoms with Crippen molar-refractivity contribution in [2.75, 3.05) is 26.7 Å². The van der Waals surface area contributed by atoms with Gasteiger partial charge in [0.25, 0.3) is 0 Å². The van der Waals surface area contributed by atoms with Gasteiger partial charge in [0.1, 0.15) is 5.75 Å². The van der Waals surface area contributed by atoms with Crippen LogP contribution in [0.5, 0.6) is 5.75 Å². The number of aromatic nitrogens is 5. The third-order valence-corrected chi connectivity index (χ3v) is 6.02. The molecule has 2 aromatic heterocycles. The fourth-order valence-corrected chi connectivity index (χ4v) is 4.23. The zero-order chi connectivity index (χ0) is 24.1. The third kappa shape index (κ3) is 5.98. The highest BCUT2D eigenvalue weighted by Crippen LogP contribution is 2.19. The highest BCUT2D eigenvalue weighted by molar-refractivity contribution is 6.30. The third-order valence-electron chi connectivity index (χ3n) is 5.79. The maximum atomic E-state index is 13.0. The second-order valence-electron chi connectivity index (χ2n) is 8.35. The lowest BCUT2D eigenvalue weighted by atomic mass is 10.1. The lowest BCUT2D eigenvalue weighted by Crippen LogP contribution is -2.53. The molecule has 3 aromatic rings. The SMILES string of the molecule is COc1ccc(CN2CCN(C(=O)C=Cc3ccc(Cl)cc3Cn3nnc(C)n3)[C@H](C)C2)nc1. The zero-order valence-electron chi connectivity index (χ0n) is 19.6. The van der Waals surface area contributed by atoms with Crippen molar-refractivity contribution >= 4 is 23.6 Å². The summed E-state index contributed by atoms with van der Waals surface area (Å²) in [6.07, 6.45) is 5.19. The van der Waals surface area contributed by atoms with Gasteiger partial charge in [0.05, 0.1) is 25.5 Å². The molecule has 3 heterocycles. The minimum Gasteiger partial charge on any atom is -0.495 e. The molecule has 0 unspecified atom stereocenters. The van der Waals surface area contributed by atoms with Gasteiger partial charge in [0, 0.05) is 43.3 Å². The Kier molecular flexibility index (Phi) is 7.54. The molecule has 10 heteroatoms. The summed E-state index contributed by atoms with van der Waals surface area (Å²) < 4.78 is 5.17. The number of piperazine rings is 1. The number of halogens is 1. The van der Waals surface area contributed by atoms with Gasteiger partial charge in [-0.1, -0.05) is 17.7 Å². The number of tetrazole rings is 1. The summed E-state index contributed by atoms with van der Waals surface area (Å²) in [5.74, 6) is 1.34. The number of rotatable bonds is 7. The standard InChI is InChI=1S/C24H28ClN7O2/c1-17-14-30(16-22-7-8-23(34-3)13-26-22)10-11-31(17)24(33)9-5-19-4-6-21(25)12-20(19)15-32-28-18(2)27-29-32/h4-9,12-13,17H,10-11,14-16H2,1-3H3/t17-/m1/s1. The van der Waals surface area contributed by atoms with Gasteiger partial charge in [0.2, 0.25) is 5.91 Å². The van der Waals surface area contributed by atoms with Crippen molar-refractivity contribution in [2.45, 2.75) is 33.0 Å². The lowest BCUT2D eigenvalue weighted by Gasteiger charge is -2.39. The summed E-state index contributed by atoms with van der Waals surface area (Å²) in [4.78, 5) is 23.2. The molecule has 0 radical (unpaired) electrons. The molecule has 0 N–H and O–H groups in total. The van der Waals surface area contributed by atoms with E-state index in [1.165, 1.54) is 4.80 Å². The summed E-state index contributed by atoms with van der Waals surface area (Å²) in [5, 5.41) is 12.8. The fourth-order valence-electron chi connectivity index (χ4n) is 4.03. The average molecular weight is 482 g/mol. The Hall–Kier alpha value is -3.30. The van der Waals surface area contributed by atoms with E-state index in [-0.39, 0.29) is 11.9 Å². The van der Waals surface area contributed by atoms with Crippen molar-refractivity contribution in [3.8, 4) is 5.75 Å². The molecule has 0 saturated carbocycles. The Bertz CT molecular complexity index is 1160. The van der Waals surface area contributed by atoms with Gasteiger partial charge in [-0.25, -0.2) is 0 Å². The molecule has 1 amide bonds. The zero-order valence-corrected chi connectivity index (χ0v) is 20.3. The van der Waals surface area contributed by atoms with Crippen molar-refractivity contribution in [1.82, 2.24) is 35.0 Å². The van der Waals surface area contributed by atoms with Crippen LogP contribution in [0.25, 0.3) is 6.08 Å². The van der Waals surface area contributed by atoms with Crippen LogP contribution in [0.2, 0.25) is 5.02 Å². The number of hydrogen-bond acceptors (Lipinski definition) is 7. The predicted molar refractivity (Wildman–Crippen MR) is 129 cm³/mol. The van der Waals surface area contributed by atoms with Crippen molar-refractivity contribution in [1.29, 1.82) is 0 Å². The number of benzene rings is 1. The number of amides is 1. The molecule has 1 fully saturated rings. The van der Waals surface area contributed by atoms with Gasteiger partial charge in [-0.2, -0.15) is 4.80 Å². The summed E-state index contributed by atoms with van der Waals surface area (Å²) >= 11 is 6.20. The quantitative estimate of drug-likeness (QED) is 0.479. The highest BCUT2D eigenvalue weighted by atomic mass is 35.5. The van der Waals surface area contributed by atoms with Crippen LogP contribution in [0.15, 0.2) is 42.6 Å². The summed E-state index contributed by atoms with van der Waals surface area (Å²) in [6, 6.07) is 9.55. The number of carbonyl (C=O) groups is 1. The number of hydrogen-bond donors (Lipinski definition) is 0. The molecule has 9 nitrogen and oxygen atoms in total. The fraction of sp³-hybridized carbons (Fsp3) is 0.375. The largest absolute Gasteiger partial charge is 0.495 e. The minimum absolute atomic E-state index is 0.00894. The van der Waals surface area contributed by atoms with Crippen LogP contribution in [0.3, 0.4) is 0 Å². The first-order valence-electron chi connectivity index (χ1n) is 11.1. The predicted octanol–water partition coefficient (Wildman–Crippen LogP) is 2.83. The Balaban J connectivity index is 1.38. The van der Waals surface area contributed by atoms with Crippen LogP contribution in [-0.4, -0.2) is 73.7 Å². The summed E-state index contributed by atoms with van der Waals surface area (Å²) in [5.41, 5.74) is 2.79. The van der Waals surface area contributed by atoms with E-state index >= 15 is 0 Å². The van der Waals surface area contributed by atoms with Gasteiger partial charge < -0.3 is 9.64 Å². The Morgan fingerprint density at radius 3 is 2.76 bits per heavy atom. The monoisotopic (exact) mass is 481 g/mol. The van der Waals surface area contributed by atoms with Crippen LogP contribution >= 0.6 is 11.6 Å². The van der Waals surface area contributed by atoms with Crippen molar-refractivity contribution in [2.24, 2.45) is 0 Å². The summed E-state index contributed by atoms with van der Waals surface area (Å²) in [7, 11) is 1.63. The van der Waals surface area contributed by atoms with E-state index in [1.807, 2.05) is 41.3 Å². The molecule has 4 rings (SSSR count). The summed E-state index contributed by atoms with van der Waals surface area (Å²) in [6.45, 7) is 7.27. The number of aryl methyl sites for hydroxylation is 1. The molecule has 0 aliphatic carbocycles. The maximum Gasteiger partial charge on any atom is 0.246 e. The van der Waals surface area contributed by atoms with Crippen LogP contribution < -0.4 is 4.74 Å². The van der Waals surface area contributed by atoms with E-state index < -0.39 is 0 Å². The van der Waals surface area contributed by atoms with Crippen molar-refractivity contribution in [3.63, 3.8) is 0 Å². The smallest absolute Gasteiger partial charge is 0.246 e. The minimum atomic E-state index is -0.00894. The van der Waals surface area contributed by atoms with Gasteiger partial charge >= 0.3 is 0 Å². The first-order valence-corrected chi connectivity index (χ1v) is 11.5. The topological polar surface area (TPSA) is 89.3 Å². The molecular weight excluding hydrogens is 454 g/mol. The average Bonchev–Trinajstić information content (AvgIpc) is 3.23. The molecule has 178 valence electrons.